The molecule has 0 aromatic rings. The number of carbonyl (C=O) groups is 1. The van der Waals surface area contributed by atoms with E-state index in [1.165, 1.54) is 13.5 Å². The van der Waals surface area contributed by atoms with Gasteiger partial charge < -0.3 is 10.1 Å². The lowest BCUT2D eigenvalue weighted by Crippen LogP contribution is -2.34. The lowest BCUT2D eigenvalue weighted by molar-refractivity contribution is -0.142. The fourth-order valence-electron chi connectivity index (χ4n) is 1.65. The molecule has 1 aliphatic heterocycles. The van der Waals surface area contributed by atoms with Crippen LogP contribution in [-0.4, -0.2) is 25.2 Å². The summed E-state index contributed by atoms with van der Waals surface area (Å²) in [5.41, 5.74) is 0. The van der Waals surface area contributed by atoms with E-state index in [0.29, 0.717) is 6.04 Å². The molecule has 11 heavy (non-hydrogen) atoms. The van der Waals surface area contributed by atoms with Crippen molar-refractivity contribution in [3.63, 3.8) is 0 Å². The molecule has 1 aliphatic carbocycles. The van der Waals surface area contributed by atoms with Crippen molar-refractivity contribution >= 4 is 18.4 Å². The highest BCUT2D eigenvalue weighted by molar-refractivity contribution is 5.85. The molecule has 0 bridgehead atoms. The highest BCUT2D eigenvalue weighted by Crippen LogP contribution is 2.40. The van der Waals surface area contributed by atoms with Crippen LogP contribution < -0.4 is 5.32 Å². The molecule has 4 heteroatoms. The van der Waals surface area contributed by atoms with Gasteiger partial charge >= 0.3 is 5.97 Å². The minimum atomic E-state index is -0.104. The number of carbonyl (C=O) groups excluding carboxylic acids is 1. The van der Waals surface area contributed by atoms with Gasteiger partial charge in [0.05, 0.1) is 7.11 Å². The Morgan fingerprint density at radius 2 is 2.27 bits per heavy atom. The summed E-state index contributed by atoms with van der Waals surface area (Å²) in [6, 6.07) is 0.623. The highest BCUT2D eigenvalue weighted by atomic mass is 35.5. The maximum Gasteiger partial charge on any atom is 0.322 e. The second-order valence-electron chi connectivity index (χ2n) is 3.08. The van der Waals surface area contributed by atoms with Crippen molar-refractivity contribution in [2.24, 2.45) is 5.92 Å². The highest BCUT2D eigenvalue weighted by Gasteiger charge is 2.48. The van der Waals surface area contributed by atoms with Gasteiger partial charge in [0, 0.05) is 6.04 Å². The Morgan fingerprint density at radius 3 is 2.73 bits per heavy atom. The molecule has 0 radical (unpaired) electrons. The summed E-state index contributed by atoms with van der Waals surface area (Å²) in [5.74, 6) is 0.663. The Kier molecular flexibility index (Phi) is 2.40. The van der Waals surface area contributed by atoms with E-state index in [1.54, 1.807) is 0 Å². The summed E-state index contributed by atoms with van der Waals surface area (Å²) < 4.78 is 4.60. The van der Waals surface area contributed by atoms with Crippen LogP contribution in [0.4, 0.5) is 0 Å². The Morgan fingerprint density at radius 1 is 1.55 bits per heavy atom. The molecule has 2 rings (SSSR count). The van der Waals surface area contributed by atoms with Crippen LogP contribution in [0.25, 0.3) is 0 Å². The van der Waals surface area contributed by atoms with Crippen LogP contribution >= 0.6 is 12.4 Å². The van der Waals surface area contributed by atoms with Gasteiger partial charge in [0.25, 0.3) is 0 Å². The van der Waals surface area contributed by atoms with Crippen LogP contribution in [0.2, 0.25) is 0 Å². The number of ether oxygens (including phenoxy) is 1. The first kappa shape index (κ1) is 8.81. The largest absolute Gasteiger partial charge is 0.468 e. The van der Waals surface area contributed by atoms with Gasteiger partial charge in [-0.2, -0.15) is 0 Å². The van der Waals surface area contributed by atoms with Crippen molar-refractivity contribution in [2.45, 2.75) is 24.9 Å². The van der Waals surface area contributed by atoms with Gasteiger partial charge in [-0.3, -0.25) is 4.79 Å². The maximum absolute atomic E-state index is 10.9. The number of nitrogens with one attached hydrogen (secondary N) is 1. The zero-order chi connectivity index (χ0) is 7.14. The number of hydrogen-bond acceptors (Lipinski definition) is 3. The Labute approximate surface area is 71.9 Å². The van der Waals surface area contributed by atoms with Crippen molar-refractivity contribution in [1.29, 1.82) is 0 Å². The van der Waals surface area contributed by atoms with Crippen molar-refractivity contribution in [1.82, 2.24) is 5.32 Å². The summed E-state index contributed by atoms with van der Waals surface area (Å²) in [6.45, 7) is 0. The van der Waals surface area contributed by atoms with E-state index in [0.717, 1.165) is 12.3 Å². The first-order valence-electron chi connectivity index (χ1n) is 3.65. The Balaban J connectivity index is 0.000000605. The molecule has 64 valence electrons. The molecule has 0 spiro atoms. The maximum atomic E-state index is 10.9. The van der Waals surface area contributed by atoms with Crippen molar-refractivity contribution in [3.8, 4) is 0 Å². The molecule has 1 N–H and O–H groups in total. The van der Waals surface area contributed by atoms with Crippen LogP contribution in [0.15, 0.2) is 0 Å². The number of halogens is 1. The quantitative estimate of drug-likeness (QED) is 0.587. The van der Waals surface area contributed by atoms with Crippen LogP contribution in [-0.2, 0) is 9.53 Å². The molecular weight excluding hydrogens is 166 g/mol. The smallest absolute Gasteiger partial charge is 0.322 e. The van der Waals surface area contributed by atoms with E-state index in [9.17, 15) is 4.79 Å². The SMILES string of the molecule is COC(=O)[C@@H]1C[C@H]2C[C@H]2N1.Cl. The van der Waals surface area contributed by atoms with Crippen LogP contribution in [0.1, 0.15) is 12.8 Å². The number of fused-ring (bicyclic) bond motifs is 1. The topological polar surface area (TPSA) is 38.3 Å². The number of methoxy groups -OCH3 is 1. The lowest BCUT2D eigenvalue weighted by Gasteiger charge is -2.08. The predicted molar refractivity (Wildman–Crippen MR) is 42.7 cm³/mol. The molecule has 1 heterocycles. The molecule has 1 saturated carbocycles. The minimum absolute atomic E-state index is 0. The molecule has 2 aliphatic rings. The summed E-state index contributed by atoms with van der Waals surface area (Å²) >= 11 is 0. The monoisotopic (exact) mass is 177 g/mol. The van der Waals surface area contributed by atoms with E-state index < -0.39 is 0 Å². The number of piperidine rings is 1. The van der Waals surface area contributed by atoms with Gasteiger partial charge in [-0.05, 0) is 18.8 Å². The molecule has 0 unspecified atom stereocenters. The zero-order valence-electron chi connectivity index (χ0n) is 6.37. The first-order valence-corrected chi connectivity index (χ1v) is 3.65. The third-order valence-corrected chi connectivity index (χ3v) is 2.36. The second-order valence-corrected chi connectivity index (χ2v) is 3.08. The zero-order valence-corrected chi connectivity index (χ0v) is 7.19. The fraction of sp³-hybridized carbons (Fsp3) is 0.857. The van der Waals surface area contributed by atoms with E-state index in [2.05, 4.69) is 10.1 Å². The molecule has 0 aromatic heterocycles. The van der Waals surface area contributed by atoms with E-state index in [1.807, 2.05) is 0 Å². The molecule has 3 atom stereocenters. The average molecular weight is 178 g/mol. The van der Waals surface area contributed by atoms with Crippen LogP contribution in [0.5, 0.6) is 0 Å². The molecule has 2 fully saturated rings. The molecule has 1 saturated heterocycles. The summed E-state index contributed by atoms with van der Waals surface area (Å²) in [5, 5.41) is 3.20. The predicted octanol–water partition coefficient (Wildman–Crippen LogP) is 0.332. The fourth-order valence-corrected chi connectivity index (χ4v) is 1.65. The second kappa shape index (κ2) is 2.99. The number of hydrogen-bond donors (Lipinski definition) is 1. The number of rotatable bonds is 1. The molecule has 3 nitrogen and oxygen atoms in total. The van der Waals surface area contributed by atoms with Gasteiger partial charge in [0.1, 0.15) is 6.04 Å². The average Bonchev–Trinajstić information content (AvgIpc) is 2.57. The normalized spacial score (nSPS) is 38.8. The lowest BCUT2D eigenvalue weighted by atomic mass is 10.2. The molecular formula is C7H12ClNO2. The minimum Gasteiger partial charge on any atom is -0.468 e. The van der Waals surface area contributed by atoms with E-state index >= 15 is 0 Å². The van der Waals surface area contributed by atoms with E-state index in [4.69, 9.17) is 0 Å². The molecule has 0 aromatic carbocycles. The van der Waals surface area contributed by atoms with Gasteiger partial charge in [-0.15, -0.1) is 12.4 Å². The third kappa shape index (κ3) is 1.49. The van der Waals surface area contributed by atoms with Crippen LogP contribution in [0, 0.1) is 5.92 Å². The molecule has 0 amide bonds. The van der Waals surface area contributed by atoms with Gasteiger partial charge in [0.15, 0.2) is 0 Å². The Bertz CT molecular complexity index is 164. The summed E-state index contributed by atoms with van der Waals surface area (Å²) in [7, 11) is 1.44. The standard InChI is InChI=1S/C7H11NO2.ClH/c1-10-7(9)6-3-4-2-5(4)8-6;/h4-6,8H,2-3H2,1H3;1H/t4-,5-,6+;/m1./s1. The van der Waals surface area contributed by atoms with Crippen molar-refractivity contribution in [3.05, 3.63) is 0 Å². The van der Waals surface area contributed by atoms with Gasteiger partial charge in [-0.25, -0.2) is 0 Å². The third-order valence-electron chi connectivity index (χ3n) is 2.36. The van der Waals surface area contributed by atoms with Gasteiger partial charge in [0.2, 0.25) is 0 Å². The van der Waals surface area contributed by atoms with Crippen molar-refractivity contribution < 1.29 is 9.53 Å². The van der Waals surface area contributed by atoms with Gasteiger partial charge in [-0.1, -0.05) is 0 Å². The summed E-state index contributed by atoms with van der Waals surface area (Å²) in [4.78, 5) is 10.9. The first-order chi connectivity index (χ1) is 4.81. The van der Waals surface area contributed by atoms with Crippen LogP contribution in [0.3, 0.4) is 0 Å². The Hall–Kier alpha value is -0.280. The van der Waals surface area contributed by atoms with Crippen molar-refractivity contribution in [2.75, 3.05) is 7.11 Å². The number of esters is 1. The van der Waals surface area contributed by atoms with E-state index in [-0.39, 0.29) is 24.4 Å². The summed E-state index contributed by atoms with van der Waals surface area (Å²) in [6.07, 6.45) is 2.24.